The summed E-state index contributed by atoms with van der Waals surface area (Å²) < 4.78 is 75.5. The summed E-state index contributed by atoms with van der Waals surface area (Å²) in [5.74, 6) is 0. The number of nitrogens with zero attached hydrogens (tertiary/aromatic N) is 2. The van der Waals surface area contributed by atoms with Crippen molar-refractivity contribution in [1.29, 1.82) is 0 Å². The molecule has 3 heterocycles. The van der Waals surface area contributed by atoms with E-state index in [1.807, 2.05) is 13.8 Å². The van der Waals surface area contributed by atoms with Crippen molar-refractivity contribution in [2.45, 2.75) is 60.6 Å². The van der Waals surface area contributed by atoms with Crippen molar-refractivity contribution in [3.8, 4) is 0 Å². The molecule has 2 aliphatic rings. The van der Waals surface area contributed by atoms with Gasteiger partial charge in [-0.25, -0.2) is 0 Å². The monoisotopic (exact) mass is 482 g/mol. The Balaban J connectivity index is 2.22. The van der Waals surface area contributed by atoms with Gasteiger partial charge >= 0.3 is 13.1 Å². The second kappa shape index (κ2) is 7.59. The van der Waals surface area contributed by atoms with E-state index in [1.165, 1.54) is 12.1 Å². The first kappa shape index (κ1) is 23.8. The Hall–Kier alpha value is -2.35. The third-order valence-electron chi connectivity index (χ3n) is 7.06. The standard InChI is InChI=1S/C24H25BClF5N2/c1-7-17-12(3)22-21(16-9-10-20(26)19(11-16)24(27,28)29)23-13(4)18(8-2)15(6)33(23)25(30,31)32(22)14(17)5/h9-11H,7-8H2,1-6H3. The molecule has 9 heteroatoms. The second-order valence-corrected chi connectivity index (χ2v) is 9.09. The number of hydrogen-bond donors (Lipinski definition) is 0. The fourth-order valence-electron chi connectivity index (χ4n) is 5.65. The number of rotatable bonds is 3. The second-order valence-electron chi connectivity index (χ2n) is 8.68. The Morgan fingerprint density at radius 3 is 2.21 bits per heavy atom. The van der Waals surface area contributed by atoms with Crippen LogP contribution in [0.4, 0.5) is 21.8 Å². The molecule has 2 aliphatic heterocycles. The predicted molar refractivity (Wildman–Crippen MR) is 123 cm³/mol. The van der Waals surface area contributed by atoms with Crippen LogP contribution in [0.2, 0.25) is 5.02 Å². The molecule has 0 bridgehead atoms. The summed E-state index contributed by atoms with van der Waals surface area (Å²) in [5, 5.41) is -0.424. The molecule has 0 amide bonds. The first-order valence-corrected chi connectivity index (χ1v) is 11.3. The molecular formula is C24H25BClF5N2. The van der Waals surface area contributed by atoms with Crippen LogP contribution in [0.1, 0.15) is 67.8 Å². The zero-order chi connectivity index (χ0) is 24.6. The highest BCUT2D eigenvalue weighted by atomic mass is 35.5. The topological polar surface area (TPSA) is 7.94 Å². The lowest BCUT2D eigenvalue weighted by Crippen LogP contribution is -2.51. The fraction of sp³-hybridized carbons (Fsp3) is 0.375. The third kappa shape index (κ3) is 3.16. The van der Waals surface area contributed by atoms with Crippen molar-refractivity contribution in [2.24, 2.45) is 0 Å². The van der Waals surface area contributed by atoms with Gasteiger partial charge in [0, 0.05) is 23.8 Å². The molecule has 2 nitrogen and oxygen atoms in total. The molecule has 0 unspecified atom stereocenters. The van der Waals surface area contributed by atoms with E-state index in [-0.39, 0.29) is 17.0 Å². The van der Waals surface area contributed by atoms with Crippen LogP contribution in [0.15, 0.2) is 35.0 Å². The van der Waals surface area contributed by atoms with Crippen LogP contribution in [-0.4, -0.2) is 21.6 Å². The van der Waals surface area contributed by atoms with Crippen LogP contribution < -0.4 is 0 Å². The van der Waals surface area contributed by atoms with E-state index in [9.17, 15) is 13.2 Å². The SMILES string of the molecule is CCC1=C(C)C2=C(c3ccc(Cl)c(C(F)(F)F)c3)c3c(C)c(CC)c(C)n3[B-](F)(F)[N+]2=C1C. The van der Waals surface area contributed by atoms with E-state index in [1.54, 1.807) is 27.7 Å². The minimum Gasteiger partial charge on any atom is -0.393 e. The Kier molecular flexibility index (Phi) is 5.47. The summed E-state index contributed by atoms with van der Waals surface area (Å²) in [6, 6.07) is 3.65. The molecule has 0 atom stereocenters. The molecule has 4 rings (SSSR count). The van der Waals surface area contributed by atoms with E-state index in [0.29, 0.717) is 41.0 Å². The lowest BCUT2D eigenvalue weighted by Gasteiger charge is -2.34. The van der Waals surface area contributed by atoms with Gasteiger partial charge in [0.05, 0.1) is 16.2 Å². The normalized spacial score (nSPS) is 17.8. The van der Waals surface area contributed by atoms with Crippen LogP contribution in [0.3, 0.4) is 0 Å². The first-order chi connectivity index (χ1) is 15.3. The zero-order valence-electron chi connectivity index (χ0n) is 19.4. The lowest BCUT2D eigenvalue weighted by atomic mass is 9.83. The summed E-state index contributed by atoms with van der Waals surface area (Å²) in [4.78, 5) is 0. The molecule has 2 aromatic rings. The minimum absolute atomic E-state index is 0.215. The smallest absolute Gasteiger partial charge is 0.393 e. The van der Waals surface area contributed by atoms with Crippen LogP contribution in [0.25, 0.3) is 5.57 Å². The van der Waals surface area contributed by atoms with Gasteiger partial charge in [-0.3, -0.25) is 0 Å². The van der Waals surface area contributed by atoms with Crippen molar-refractivity contribution in [1.82, 2.24) is 4.48 Å². The molecule has 1 aromatic heterocycles. The molecule has 33 heavy (non-hydrogen) atoms. The Labute approximate surface area is 195 Å². The summed E-state index contributed by atoms with van der Waals surface area (Å²) in [6.07, 6.45) is -3.59. The van der Waals surface area contributed by atoms with Gasteiger partial charge in [0.1, 0.15) is 5.71 Å². The van der Waals surface area contributed by atoms with Gasteiger partial charge in [0.15, 0.2) is 5.70 Å². The maximum atomic E-state index is 16.2. The van der Waals surface area contributed by atoms with Crippen molar-refractivity contribution in [2.75, 3.05) is 0 Å². The largest absolute Gasteiger partial charge is 0.737 e. The molecular weight excluding hydrogens is 458 g/mol. The fourth-order valence-corrected chi connectivity index (χ4v) is 5.87. The van der Waals surface area contributed by atoms with Gasteiger partial charge < -0.3 is 17.6 Å². The summed E-state index contributed by atoms with van der Waals surface area (Å²) in [5.41, 5.74) is 3.94. The van der Waals surface area contributed by atoms with E-state index in [0.717, 1.165) is 26.2 Å². The number of allylic oxidation sites excluding steroid dienone is 2. The number of alkyl halides is 3. The molecule has 0 saturated carbocycles. The molecule has 0 aliphatic carbocycles. The molecule has 0 radical (unpaired) electrons. The zero-order valence-corrected chi connectivity index (χ0v) is 20.1. The number of halogens is 6. The molecule has 1 aromatic carbocycles. The van der Waals surface area contributed by atoms with Crippen LogP contribution in [0.5, 0.6) is 0 Å². The van der Waals surface area contributed by atoms with Crippen molar-refractivity contribution in [3.63, 3.8) is 0 Å². The van der Waals surface area contributed by atoms with Gasteiger partial charge in [0.25, 0.3) is 0 Å². The van der Waals surface area contributed by atoms with Crippen molar-refractivity contribution >= 4 is 29.9 Å². The highest BCUT2D eigenvalue weighted by Crippen LogP contribution is 2.48. The lowest BCUT2D eigenvalue weighted by molar-refractivity contribution is -0.363. The number of fused-ring (bicyclic) bond motifs is 2. The molecule has 0 N–H and O–H groups in total. The third-order valence-corrected chi connectivity index (χ3v) is 7.39. The maximum Gasteiger partial charge on any atom is 0.737 e. The van der Waals surface area contributed by atoms with Gasteiger partial charge in [-0.05, 0) is 68.1 Å². The quantitative estimate of drug-likeness (QED) is 0.315. The summed E-state index contributed by atoms with van der Waals surface area (Å²) in [7, 11) is 0. The average Bonchev–Trinajstić information content (AvgIpc) is 3.13. The van der Waals surface area contributed by atoms with Gasteiger partial charge in [-0.2, -0.15) is 13.2 Å². The van der Waals surface area contributed by atoms with Gasteiger partial charge in [-0.1, -0.05) is 31.5 Å². The van der Waals surface area contributed by atoms with Gasteiger partial charge in [-0.15, -0.1) is 0 Å². The molecule has 0 fully saturated rings. The highest BCUT2D eigenvalue weighted by molar-refractivity contribution is 6.58. The van der Waals surface area contributed by atoms with E-state index in [4.69, 9.17) is 11.6 Å². The highest BCUT2D eigenvalue weighted by Gasteiger charge is 2.56. The predicted octanol–water partition coefficient (Wildman–Crippen LogP) is 7.55. The van der Waals surface area contributed by atoms with Gasteiger partial charge in [0.2, 0.25) is 0 Å². The molecule has 176 valence electrons. The van der Waals surface area contributed by atoms with Crippen LogP contribution in [-0.2, 0) is 12.6 Å². The van der Waals surface area contributed by atoms with Crippen molar-refractivity contribution < 1.29 is 26.3 Å². The number of benzene rings is 1. The van der Waals surface area contributed by atoms with Crippen molar-refractivity contribution in [3.05, 3.63) is 73.7 Å². The van der Waals surface area contributed by atoms with E-state index in [2.05, 4.69) is 0 Å². The first-order valence-electron chi connectivity index (χ1n) is 11.0. The Bertz CT molecular complexity index is 1290. The molecule has 0 spiro atoms. The van der Waals surface area contributed by atoms with Crippen LogP contribution >= 0.6 is 11.6 Å². The minimum atomic E-state index is -4.67. The Morgan fingerprint density at radius 2 is 1.67 bits per heavy atom. The van der Waals surface area contributed by atoms with Crippen LogP contribution in [0, 0.1) is 13.8 Å². The number of hydrogen-bond acceptors (Lipinski definition) is 0. The molecule has 0 saturated heterocycles. The van der Waals surface area contributed by atoms with E-state index >= 15 is 8.63 Å². The average molecular weight is 483 g/mol. The number of aromatic nitrogens is 1. The summed E-state index contributed by atoms with van der Waals surface area (Å²) in [6.45, 7) is 6.40. The van der Waals surface area contributed by atoms with E-state index < -0.39 is 23.7 Å². The Morgan fingerprint density at radius 1 is 1.03 bits per heavy atom. The maximum absolute atomic E-state index is 16.2. The summed E-state index contributed by atoms with van der Waals surface area (Å²) >= 11 is 5.88.